The van der Waals surface area contributed by atoms with E-state index in [1.807, 2.05) is 30.3 Å². The Morgan fingerprint density at radius 2 is 1.84 bits per heavy atom. The van der Waals surface area contributed by atoms with Crippen LogP contribution in [0.25, 0.3) is 0 Å². The zero-order valence-corrected chi connectivity index (χ0v) is 11.2. The molecule has 0 spiro atoms. The predicted octanol–water partition coefficient (Wildman–Crippen LogP) is 3.51. The van der Waals surface area contributed by atoms with Gasteiger partial charge in [-0.25, -0.2) is 10.2 Å². The van der Waals surface area contributed by atoms with Gasteiger partial charge < -0.3 is 5.32 Å². The molecule has 0 aromatic heterocycles. The van der Waals surface area contributed by atoms with E-state index < -0.39 is 0 Å². The Balaban J connectivity index is 1.95. The summed E-state index contributed by atoms with van der Waals surface area (Å²) in [6, 6.07) is 16.2. The van der Waals surface area contributed by atoms with Crippen molar-refractivity contribution in [2.45, 2.75) is 0 Å². The number of urea groups is 1. The maximum atomic E-state index is 11.8. The number of rotatable bonds is 3. The third-order valence-electron chi connectivity index (χ3n) is 2.50. The topological polar surface area (TPSA) is 44.4 Å². The number of amides is 2. The monoisotopic (exact) mass is 275 g/mol. The molecule has 2 aromatic rings. The molecule has 98 valence electrons. The predicted molar refractivity (Wildman–Crippen MR) is 78.5 cm³/mol. The number of hydrazine groups is 1. The number of halogens is 1. The Kier molecular flexibility index (Phi) is 4.26. The van der Waals surface area contributed by atoms with Crippen molar-refractivity contribution < 1.29 is 4.79 Å². The summed E-state index contributed by atoms with van der Waals surface area (Å²) in [4.78, 5) is 11.8. The van der Waals surface area contributed by atoms with Crippen molar-refractivity contribution >= 4 is 29.0 Å². The first kappa shape index (κ1) is 13.2. The smallest absolute Gasteiger partial charge is 0.307 e. The summed E-state index contributed by atoms with van der Waals surface area (Å²) < 4.78 is 0. The minimum Gasteiger partial charge on any atom is -0.307 e. The molecule has 0 unspecified atom stereocenters. The molecule has 0 saturated carbocycles. The molecule has 0 atom stereocenters. The van der Waals surface area contributed by atoms with E-state index in [9.17, 15) is 4.79 Å². The van der Waals surface area contributed by atoms with Crippen molar-refractivity contribution in [3.63, 3.8) is 0 Å². The van der Waals surface area contributed by atoms with Crippen LogP contribution in [0.3, 0.4) is 0 Å². The number of carbonyl (C=O) groups excluding carboxylic acids is 1. The summed E-state index contributed by atoms with van der Waals surface area (Å²) in [6.07, 6.45) is 0. The van der Waals surface area contributed by atoms with Crippen LogP contribution >= 0.6 is 11.6 Å². The third kappa shape index (κ3) is 3.89. The summed E-state index contributed by atoms with van der Waals surface area (Å²) in [5.74, 6) is 0. The van der Waals surface area contributed by atoms with Crippen LogP contribution in [0, 0.1) is 0 Å². The number of hydrogen-bond donors (Lipinski definition) is 2. The molecule has 0 aliphatic heterocycles. The molecule has 19 heavy (non-hydrogen) atoms. The molecule has 0 bridgehead atoms. The van der Waals surface area contributed by atoms with E-state index in [-0.39, 0.29) is 6.03 Å². The molecule has 2 N–H and O–H groups in total. The second kappa shape index (κ2) is 6.11. The van der Waals surface area contributed by atoms with Crippen molar-refractivity contribution in [2.24, 2.45) is 0 Å². The Morgan fingerprint density at radius 1 is 1.11 bits per heavy atom. The first-order valence-electron chi connectivity index (χ1n) is 5.77. The SMILES string of the molecule is CN(NC(=O)Nc1cccc(Cl)c1)c1ccccc1. The van der Waals surface area contributed by atoms with Gasteiger partial charge in [0.15, 0.2) is 0 Å². The number of carbonyl (C=O) groups is 1. The van der Waals surface area contributed by atoms with Gasteiger partial charge in [0, 0.05) is 17.8 Å². The second-order valence-corrected chi connectivity index (χ2v) is 4.41. The maximum Gasteiger partial charge on any atom is 0.338 e. The zero-order chi connectivity index (χ0) is 13.7. The van der Waals surface area contributed by atoms with E-state index in [1.165, 1.54) is 0 Å². The lowest BCUT2D eigenvalue weighted by Gasteiger charge is -2.20. The lowest BCUT2D eigenvalue weighted by Crippen LogP contribution is -2.41. The molecule has 5 heteroatoms. The standard InChI is InChI=1S/C14H14ClN3O/c1-18(13-8-3-2-4-9-13)17-14(19)16-12-7-5-6-11(15)10-12/h2-10H,1H3,(H2,16,17,19). The van der Waals surface area contributed by atoms with E-state index in [4.69, 9.17) is 11.6 Å². The van der Waals surface area contributed by atoms with Gasteiger partial charge in [0.2, 0.25) is 0 Å². The number of anilines is 2. The van der Waals surface area contributed by atoms with Crippen LogP contribution in [0.5, 0.6) is 0 Å². The maximum absolute atomic E-state index is 11.8. The molecule has 2 aromatic carbocycles. The van der Waals surface area contributed by atoms with Gasteiger partial charge in [-0.3, -0.25) is 5.01 Å². The fourth-order valence-electron chi connectivity index (χ4n) is 1.59. The average Bonchev–Trinajstić information content (AvgIpc) is 2.39. The Bertz CT molecular complexity index is 560. The summed E-state index contributed by atoms with van der Waals surface area (Å²) in [5, 5.41) is 4.92. The van der Waals surface area contributed by atoms with Gasteiger partial charge >= 0.3 is 6.03 Å². The number of nitrogens with zero attached hydrogens (tertiary/aromatic N) is 1. The van der Waals surface area contributed by atoms with Crippen molar-refractivity contribution in [2.75, 3.05) is 17.4 Å². The Morgan fingerprint density at radius 3 is 2.53 bits per heavy atom. The first-order chi connectivity index (χ1) is 9.15. The molecule has 0 saturated heterocycles. The highest BCUT2D eigenvalue weighted by molar-refractivity contribution is 6.30. The fraction of sp³-hybridized carbons (Fsp3) is 0.0714. The van der Waals surface area contributed by atoms with Crippen molar-refractivity contribution in [1.29, 1.82) is 0 Å². The van der Waals surface area contributed by atoms with Gasteiger partial charge in [-0.15, -0.1) is 0 Å². The number of para-hydroxylation sites is 1. The molecule has 0 aliphatic carbocycles. The van der Waals surface area contributed by atoms with E-state index in [0.717, 1.165) is 5.69 Å². The summed E-state index contributed by atoms with van der Waals surface area (Å²) in [6.45, 7) is 0. The zero-order valence-electron chi connectivity index (χ0n) is 10.4. The Hall–Kier alpha value is -2.20. The lowest BCUT2D eigenvalue weighted by atomic mass is 10.3. The molecule has 2 rings (SSSR count). The molecule has 2 amide bonds. The van der Waals surface area contributed by atoms with Crippen LogP contribution in [0.15, 0.2) is 54.6 Å². The highest BCUT2D eigenvalue weighted by atomic mass is 35.5. The van der Waals surface area contributed by atoms with E-state index >= 15 is 0 Å². The van der Waals surface area contributed by atoms with Crippen LogP contribution in [-0.2, 0) is 0 Å². The number of nitrogens with one attached hydrogen (secondary N) is 2. The Labute approximate surface area is 117 Å². The van der Waals surface area contributed by atoms with Crippen LogP contribution < -0.4 is 15.8 Å². The fourth-order valence-corrected chi connectivity index (χ4v) is 1.78. The van der Waals surface area contributed by atoms with Gasteiger partial charge in [-0.2, -0.15) is 0 Å². The van der Waals surface area contributed by atoms with Gasteiger partial charge in [-0.1, -0.05) is 35.9 Å². The molecule has 4 nitrogen and oxygen atoms in total. The van der Waals surface area contributed by atoms with E-state index in [2.05, 4.69) is 10.7 Å². The summed E-state index contributed by atoms with van der Waals surface area (Å²) in [5.41, 5.74) is 4.24. The van der Waals surface area contributed by atoms with Crippen LogP contribution in [0.2, 0.25) is 5.02 Å². The molecular weight excluding hydrogens is 262 g/mol. The molecule has 0 radical (unpaired) electrons. The number of hydrogen-bond acceptors (Lipinski definition) is 2. The van der Waals surface area contributed by atoms with Gasteiger partial charge in [0.25, 0.3) is 0 Å². The second-order valence-electron chi connectivity index (χ2n) is 3.97. The van der Waals surface area contributed by atoms with Gasteiger partial charge in [0.1, 0.15) is 0 Å². The summed E-state index contributed by atoms with van der Waals surface area (Å²) >= 11 is 5.85. The van der Waals surface area contributed by atoms with E-state index in [0.29, 0.717) is 10.7 Å². The molecule has 0 heterocycles. The number of benzene rings is 2. The summed E-state index contributed by atoms with van der Waals surface area (Å²) in [7, 11) is 1.77. The minimum absolute atomic E-state index is 0.325. The van der Waals surface area contributed by atoms with Crippen LogP contribution in [-0.4, -0.2) is 13.1 Å². The quantitative estimate of drug-likeness (QED) is 0.842. The van der Waals surface area contributed by atoms with Gasteiger partial charge in [0.05, 0.1) is 5.69 Å². The molecule has 0 aliphatic rings. The van der Waals surface area contributed by atoms with Crippen molar-refractivity contribution in [3.8, 4) is 0 Å². The lowest BCUT2D eigenvalue weighted by molar-refractivity contribution is 0.252. The van der Waals surface area contributed by atoms with E-state index in [1.54, 1.807) is 36.3 Å². The molecular formula is C14H14ClN3O. The highest BCUT2D eigenvalue weighted by Gasteiger charge is 2.05. The average molecular weight is 276 g/mol. The first-order valence-corrected chi connectivity index (χ1v) is 6.15. The largest absolute Gasteiger partial charge is 0.338 e. The third-order valence-corrected chi connectivity index (χ3v) is 2.73. The van der Waals surface area contributed by atoms with Gasteiger partial charge in [-0.05, 0) is 30.3 Å². The van der Waals surface area contributed by atoms with Crippen molar-refractivity contribution in [3.05, 3.63) is 59.6 Å². The van der Waals surface area contributed by atoms with Crippen molar-refractivity contribution in [1.82, 2.24) is 5.43 Å². The van der Waals surface area contributed by atoms with Crippen LogP contribution in [0.1, 0.15) is 0 Å². The highest BCUT2D eigenvalue weighted by Crippen LogP contribution is 2.15. The normalized spacial score (nSPS) is 9.79. The molecule has 0 fully saturated rings. The van der Waals surface area contributed by atoms with Crippen LogP contribution in [0.4, 0.5) is 16.2 Å². The minimum atomic E-state index is -0.325.